The Hall–Kier alpha value is -2.95. The number of aryl methyl sites for hydroxylation is 2. The van der Waals surface area contributed by atoms with E-state index in [0.29, 0.717) is 25.2 Å². The minimum absolute atomic E-state index is 0.0505. The van der Waals surface area contributed by atoms with Crippen molar-refractivity contribution in [2.45, 2.75) is 26.8 Å². The average molecular weight is 334 g/mol. The molecule has 0 radical (unpaired) electrons. The second-order valence-corrected chi connectivity index (χ2v) is 6.09. The van der Waals surface area contributed by atoms with Crippen LogP contribution in [-0.2, 0) is 13.0 Å². The van der Waals surface area contributed by atoms with Gasteiger partial charge in [0.1, 0.15) is 5.69 Å². The second kappa shape index (κ2) is 7.75. The summed E-state index contributed by atoms with van der Waals surface area (Å²) in [6, 6.07) is 11.8. The predicted octanol–water partition coefficient (Wildman–Crippen LogP) is 2.92. The van der Waals surface area contributed by atoms with E-state index in [-0.39, 0.29) is 5.91 Å². The monoisotopic (exact) mass is 334 g/mol. The predicted molar refractivity (Wildman–Crippen MR) is 97.5 cm³/mol. The van der Waals surface area contributed by atoms with Gasteiger partial charge in [0.15, 0.2) is 0 Å². The number of nitrogens with one attached hydrogen (secondary N) is 1. The average Bonchev–Trinajstić information content (AvgIpc) is 2.90. The molecule has 3 rings (SSSR count). The highest BCUT2D eigenvalue weighted by Crippen LogP contribution is 2.17. The molecule has 0 aliphatic carbocycles. The Morgan fingerprint density at radius 3 is 2.76 bits per heavy atom. The quantitative estimate of drug-likeness (QED) is 0.754. The molecule has 1 N–H and O–H groups in total. The summed E-state index contributed by atoms with van der Waals surface area (Å²) < 4.78 is 2.04. The van der Waals surface area contributed by atoms with Gasteiger partial charge in [-0.05, 0) is 49.2 Å². The molecule has 5 heteroatoms. The van der Waals surface area contributed by atoms with Gasteiger partial charge in [0.25, 0.3) is 5.91 Å². The molecule has 0 saturated heterocycles. The van der Waals surface area contributed by atoms with E-state index in [4.69, 9.17) is 0 Å². The van der Waals surface area contributed by atoms with Crippen molar-refractivity contribution in [3.8, 4) is 0 Å². The minimum atomic E-state index is -0.0505. The Morgan fingerprint density at radius 2 is 2.04 bits per heavy atom. The van der Waals surface area contributed by atoms with Crippen molar-refractivity contribution in [3.05, 3.63) is 83.2 Å². The first kappa shape index (κ1) is 16.9. The number of carbonyl (C=O) groups excluding carboxylic acids is 1. The first-order valence-electron chi connectivity index (χ1n) is 8.39. The highest BCUT2D eigenvalue weighted by atomic mass is 16.1. The summed E-state index contributed by atoms with van der Waals surface area (Å²) in [5.74, 6) is -0.0505. The van der Waals surface area contributed by atoms with E-state index in [0.717, 1.165) is 22.5 Å². The van der Waals surface area contributed by atoms with E-state index in [1.54, 1.807) is 12.4 Å². The second-order valence-electron chi connectivity index (χ2n) is 6.09. The molecule has 0 atom stereocenters. The molecule has 3 heterocycles. The van der Waals surface area contributed by atoms with E-state index in [2.05, 4.69) is 15.3 Å². The van der Waals surface area contributed by atoms with Crippen LogP contribution in [0, 0.1) is 13.8 Å². The van der Waals surface area contributed by atoms with Gasteiger partial charge >= 0.3 is 0 Å². The molecule has 0 bridgehead atoms. The standard InChI is InChI=1S/C20H22N4O/c1-15-12-16(2)24(14-17-6-5-9-21-13-17)19(15)20(25)23-11-8-18-7-3-4-10-22-18/h3-7,9-10,12-13H,8,11,14H2,1-2H3,(H,23,25). The summed E-state index contributed by atoms with van der Waals surface area (Å²) >= 11 is 0. The number of aromatic nitrogens is 3. The van der Waals surface area contributed by atoms with Gasteiger partial charge in [-0.2, -0.15) is 0 Å². The molecule has 1 amide bonds. The van der Waals surface area contributed by atoms with Crippen LogP contribution in [0.3, 0.4) is 0 Å². The summed E-state index contributed by atoms with van der Waals surface area (Å²) in [7, 11) is 0. The number of amides is 1. The van der Waals surface area contributed by atoms with Crippen LogP contribution < -0.4 is 5.32 Å². The third-order valence-electron chi connectivity index (χ3n) is 4.17. The topological polar surface area (TPSA) is 59.8 Å². The van der Waals surface area contributed by atoms with Crippen LogP contribution in [0.4, 0.5) is 0 Å². The lowest BCUT2D eigenvalue weighted by atomic mass is 10.2. The third kappa shape index (κ3) is 4.12. The van der Waals surface area contributed by atoms with Crippen LogP contribution in [-0.4, -0.2) is 27.0 Å². The van der Waals surface area contributed by atoms with Gasteiger partial charge in [-0.1, -0.05) is 12.1 Å². The van der Waals surface area contributed by atoms with Crippen LogP contribution in [0.25, 0.3) is 0 Å². The Bertz CT molecular complexity index is 841. The minimum Gasteiger partial charge on any atom is -0.350 e. The summed E-state index contributed by atoms with van der Waals surface area (Å²) in [5, 5.41) is 3.01. The molecule has 0 unspecified atom stereocenters. The van der Waals surface area contributed by atoms with Gasteiger partial charge < -0.3 is 9.88 Å². The number of rotatable bonds is 6. The zero-order valence-corrected chi connectivity index (χ0v) is 14.6. The molecule has 0 aromatic carbocycles. The maximum atomic E-state index is 12.7. The molecular weight excluding hydrogens is 312 g/mol. The van der Waals surface area contributed by atoms with Crippen LogP contribution in [0.1, 0.15) is 33.0 Å². The zero-order chi connectivity index (χ0) is 17.6. The summed E-state index contributed by atoms with van der Waals surface area (Å²) in [4.78, 5) is 21.1. The van der Waals surface area contributed by atoms with Crippen molar-refractivity contribution in [2.24, 2.45) is 0 Å². The number of pyridine rings is 2. The van der Waals surface area contributed by atoms with Crippen LogP contribution in [0.5, 0.6) is 0 Å². The molecule has 25 heavy (non-hydrogen) atoms. The summed E-state index contributed by atoms with van der Waals surface area (Å²) in [6.07, 6.45) is 6.07. The Kier molecular flexibility index (Phi) is 5.23. The molecule has 3 aromatic heterocycles. The van der Waals surface area contributed by atoms with Gasteiger partial charge in [0.2, 0.25) is 0 Å². The fourth-order valence-corrected chi connectivity index (χ4v) is 2.96. The fourth-order valence-electron chi connectivity index (χ4n) is 2.96. The lowest BCUT2D eigenvalue weighted by molar-refractivity contribution is 0.0944. The van der Waals surface area contributed by atoms with Crippen molar-refractivity contribution in [2.75, 3.05) is 6.54 Å². The van der Waals surface area contributed by atoms with Crippen LogP contribution in [0.15, 0.2) is 55.0 Å². The third-order valence-corrected chi connectivity index (χ3v) is 4.17. The highest BCUT2D eigenvalue weighted by Gasteiger charge is 2.17. The number of carbonyl (C=O) groups is 1. The maximum Gasteiger partial charge on any atom is 0.268 e. The summed E-state index contributed by atoms with van der Waals surface area (Å²) in [6.45, 7) is 5.19. The van der Waals surface area contributed by atoms with Gasteiger partial charge in [-0.3, -0.25) is 14.8 Å². The van der Waals surface area contributed by atoms with Crippen molar-refractivity contribution in [1.29, 1.82) is 0 Å². The van der Waals surface area contributed by atoms with E-state index in [1.165, 1.54) is 0 Å². The Labute approximate surface area is 147 Å². The molecular formula is C20H22N4O. The lowest BCUT2D eigenvalue weighted by Crippen LogP contribution is -2.29. The number of hydrogen-bond acceptors (Lipinski definition) is 3. The summed E-state index contributed by atoms with van der Waals surface area (Å²) in [5.41, 5.74) is 4.81. The number of nitrogens with zero attached hydrogens (tertiary/aromatic N) is 3. The molecule has 0 spiro atoms. The van der Waals surface area contributed by atoms with Crippen molar-refractivity contribution in [3.63, 3.8) is 0 Å². The first-order valence-corrected chi connectivity index (χ1v) is 8.39. The van der Waals surface area contributed by atoms with E-state index < -0.39 is 0 Å². The van der Waals surface area contributed by atoms with Crippen molar-refractivity contribution < 1.29 is 4.79 Å². The Balaban J connectivity index is 1.71. The van der Waals surface area contributed by atoms with E-state index in [9.17, 15) is 4.79 Å². The largest absolute Gasteiger partial charge is 0.350 e. The molecule has 0 fully saturated rings. The van der Waals surface area contributed by atoms with Gasteiger partial charge in [0, 0.05) is 49.5 Å². The van der Waals surface area contributed by atoms with Gasteiger partial charge in [0.05, 0.1) is 0 Å². The molecule has 0 saturated carbocycles. The van der Waals surface area contributed by atoms with Crippen molar-refractivity contribution in [1.82, 2.24) is 19.9 Å². The lowest BCUT2D eigenvalue weighted by Gasteiger charge is -2.13. The normalized spacial score (nSPS) is 10.6. The molecule has 5 nitrogen and oxygen atoms in total. The van der Waals surface area contributed by atoms with E-state index in [1.807, 2.05) is 61.0 Å². The SMILES string of the molecule is Cc1cc(C)n(Cc2cccnc2)c1C(=O)NCCc1ccccn1. The zero-order valence-electron chi connectivity index (χ0n) is 14.6. The maximum absolute atomic E-state index is 12.7. The van der Waals surface area contributed by atoms with Crippen LogP contribution >= 0.6 is 0 Å². The molecule has 0 aliphatic heterocycles. The first-order chi connectivity index (χ1) is 12.1. The van der Waals surface area contributed by atoms with E-state index >= 15 is 0 Å². The number of hydrogen-bond donors (Lipinski definition) is 1. The molecule has 3 aromatic rings. The highest BCUT2D eigenvalue weighted by molar-refractivity contribution is 5.94. The molecule has 0 aliphatic rings. The fraction of sp³-hybridized carbons (Fsp3) is 0.250. The van der Waals surface area contributed by atoms with Crippen molar-refractivity contribution >= 4 is 5.91 Å². The Morgan fingerprint density at radius 1 is 1.16 bits per heavy atom. The smallest absolute Gasteiger partial charge is 0.268 e. The van der Waals surface area contributed by atoms with Crippen LogP contribution in [0.2, 0.25) is 0 Å². The van der Waals surface area contributed by atoms with Gasteiger partial charge in [-0.25, -0.2) is 0 Å². The van der Waals surface area contributed by atoms with Gasteiger partial charge in [-0.15, -0.1) is 0 Å². The molecule has 128 valence electrons.